The Hall–Kier alpha value is -2.49. The fourth-order valence-electron chi connectivity index (χ4n) is 2.59. The van der Waals surface area contributed by atoms with Crippen LogP contribution in [0.3, 0.4) is 0 Å². The molecule has 0 fully saturated rings. The Balaban J connectivity index is 1.85. The first-order valence-corrected chi connectivity index (χ1v) is 8.39. The molecule has 0 aliphatic carbocycles. The van der Waals surface area contributed by atoms with Crippen molar-refractivity contribution in [2.75, 3.05) is 20.7 Å². The average Bonchev–Trinajstić information content (AvgIpc) is 2.66. The van der Waals surface area contributed by atoms with Crippen molar-refractivity contribution in [3.63, 3.8) is 0 Å². The highest BCUT2D eigenvalue weighted by Gasteiger charge is 2.09. The molecule has 0 saturated heterocycles. The average molecular weight is 325 g/mol. The van der Waals surface area contributed by atoms with Gasteiger partial charge in [-0.05, 0) is 29.7 Å². The molecule has 0 aliphatic rings. The van der Waals surface area contributed by atoms with E-state index in [1.807, 2.05) is 12.1 Å². The first kappa shape index (κ1) is 17.9. The minimum atomic E-state index is 0.478. The lowest BCUT2D eigenvalue weighted by molar-refractivity contribution is 0.414. The van der Waals surface area contributed by atoms with Crippen molar-refractivity contribution >= 4 is 5.96 Å². The summed E-state index contributed by atoms with van der Waals surface area (Å²) >= 11 is 0. The van der Waals surface area contributed by atoms with Crippen LogP contribution in [-0.2, 0) is 6.54 Å². The normalized spacial score (nSPS) is 12.5. The predicted octanol–water partition coefficient (Wildman–Crippen LogP) is 3.55. The maximum atomic E-state index is 5.18. The van der Waals surface area contributed by atoms with Gasteiger partial charge in [-0.15, -0.1) is 0 Å². The second kappa shape index (κ2) is 9.60. The van der Waals surface area contributed by atoms with Crippen molar-refractivity contribution < 1.29 is 4.74 Å². The molecule has 128 valence electrons. The summed E-state index contributed by atoms with van der Waals surface area (Å²) in [6.07, 6.45) is 1.09. The van der Waals surface area contributed by atoms with E-state index in [-0.39, 0.29) is 0 Å². The van der Waals surface area contributed by atoms with Gasteiger partial charge in [0.05, 0.1) is 7.11 Å². The van der Waals surface area contributed by atoms with Crippen LogP contribution in [0, 0.1) is 0 Å². The van der Waals surface area contributed by atoms with Crippen LogP contribution in [0.5, 0.6) is 5.75 Å². The van der Waals surface area contributed by atoms with Crippen LogP contribution in [-0.4, -0.2) is 26.7 Å². The molecule has 4 nitrogen and oxygen atoms in total. The number of hydrogen-bond donors (Lipinski definition) is 2. The van der Waals surface area contributed by atoms with Gasteiger partial charge in [-0.2, -0.15) is 0 Å². The lowest BCUT2D eigenvalue weighted by Crippen LogP contribution is -2.38. The fourth-order valence-corrected chi connectivity index (χ4v) is 2.59. The minimum absolute atomic E-state index is 0.478. The van der Waals surface area contributed by atoms with Crippen LogP contribution in [0.15, 0.2) is 59.6 Å². The van der Waals surface area contributed by atoms with Crippen molar-refractivity contribution in [1.29, 1.82) is 0 Å². The number of guanidine groups is 1. The van der Waals surface area contributed by atoms with E-state index in [4.69, 9.17) is 4.74 Å². The molecule has 0 heterocycles. The quantitative estimate of drug-likeness (QED) is 0.604. The number of aliphatic imine (C=N–C) groups is 1. The summed E-state index contributed by atoms with van der Waals surface area (Å²) in [7, 11) is 3.47. The van der Waals surface area contributed by atoms with E-state index in [1.165, 1.54) is 11.1 Å². The number of hydrogen-bond acceptors (Lipinski definition) is 2. The number of nitrogens with zero attached hydrogens (tertiary/aromatic N) is 1. The molecule has 2 aromatic rings. The number of rotatable bonds is 7. The third kappa shape index (κ3) is 5.30. The molecule has 24 heavy (non-hydrogen) atoms. The Kier molecular flexibility index (Phi) is 7.15. The highest BCUT2D eigenvalue weighted by molar-refractivity contribution is 5.79. The van der Waals surface area contributed by atoms with Crippen molar-refractivity contribution in [2.24, 2.45) is 4.99 Å². The molecule has 1 unspecified atom stereocenters. The maximum Gasteiger partial charge on any atom is 0.191 e. The van der Waals surface area contributed by atoms with Crippen LogP contribution in [0.25, 0.3) is 0 Å². The number of nitrogens with one attached hydrogen (secondary N) is 2. The van der Waals surface area contributed by atoms with Crippen molar-refractivity contribution in [3.05, 3.63) is 65.7 Å². The molecule has 2 N–H and O–H groups in total. The summed E-state index contributed by atoms with van der Waals surface area (Å²) in [5.74, 6) is 2.17. The van der Waals surface area contributed by atoms with Crippen LogP contribution >= 0.6 is 0 Å². The molecular formula is C20H27N3O. The van der Waals surface area contributed by atoms with Gasteiger partial charge >= 0.3 is 0 Å². The van der Waals surface area contributed by atoms with E-state index in [9.17, 15) is 0 Å². The molecular weight excluding hydrogens is 298 g/mol. The van der Waals surface area contributed by atoms with Crippen molar-refractivity contribution in [3.8, 4) is 5.75 Å². The number of benzene rings is 2. The van der Waals surface area contributed by atoms with Crippen LogP contribution in [0.4, 0.5) is 0 Å². The second-order valence-electron chi connectivity index (χ2n) is 5.67. The SMILES string of the molecule is CCC(CNC(=NC)NCc1ccc(OC)cc1)c1ccccc1. The zero-order valence-electron chi connectivity index (χ0n) is 14.8. The Morgan fingerprint density at radius 1 is 1.04 bits per heavy atom. The molecule has 4 heteroatoms. The zero-order valence-corrected chi connectivity index (χ0v) is 14.8. The third-order valence-corrected chi connectivity index (χ3v) is 4.12. The first-order valence-electron chi connectivity index (χ1n) is 8.39. The summed E-state index contributed by atoms with van der Waals surface area (Å²) < 4.78 is 5.18. The lowest BCUT2D eigenvalue weighted by Gasteiger charge is -2.18. The zero-order chi connectivity index (χ0) is 17.2. The van der Waals surface area contributed by atoms with E-state index in [0.717, 1.165) is 31.2 Å². The molecule has 0 spiro atoms. The Morgan fingerprint density at radius 2 is 1.75 bits per heavy atom. The molecule has 0 bridgehead atoms. The number of ether oxygens (including phenoxy) is 1. The fraction of sp³-hybridized carbons (Fsp3) is 0.350. The lowest BCUT2D eigenvalue weighted by atomic mass is 9.97. The van der Waals surface area contributed by atoms with E-state index < -0.39 is 0 Å². The Bertz CT molecular complexity index is 623. The first-order chi connectivity index (χ1) is 11.8. The molecule has 2 aromatic carbocycles. The highest BCUT2D eigenvalue weighted by atomic mass is 16.5. The van der Waals surface area contributed by atoms with E-state index in [1.54, 1.807) is 14.2 Å². The minimum Gasteiger partial charge on any atom is -0.497 e. The molecule has 0 saturated carbocycles. The van der Waals surface area contributed by atoms with Gasteiger partial charge in [0.25, 0.3) is 0 Å². The molecule has 0 aliphatic heterocycles. The van der Waals surface area contributed by atoms with Gasteiger partial charge in [0.2, 0.25) is 0 Å². The van der Waals surface area contributed by atoms with Crippen molar-refractivity contribution in [2.45, 2.75) is 25.8 Å². The van der Waals surface area contributed by atoms with Crippen molar-refractivity contribution in [1.82, 2.24) is 10.6 Å². The summed E-state index contributed by atoms with van der Waals surface area (Å²) in [5.41, 5.74) is 2.55. The van der Waals surface area contributed by atoms with Gasteiger partial charge in [-0.3, -0.25) is 4.99 Å². The van der Waals surface area contributed by atoms with Gasteiger partial charge in [0.15, 0.2) is 5.96 Å². The summed E-state index contributed by atoms with van der Waals surface area (Å²) in [6, 6.07) is 18.6. The van der Waals surface area contributed by atoms with Gasteiger partial charge in [-0.1, -0.05) is 49.4 Å². The molecule has 2 rings (SSSR count). The molecule has 1 atom stereocenters. The smallest absolute Gasteiger partial charge is 0.191 e. The van der Waals surface area contributed by atoms with Crippen LogP contribution < -0.4 is 15.4 Å². The summed E-state index contributed by atoms with van der Waals surface area (Å²) in [5, 5.41) is 6.78. The van der Waals surface area contributed by atoms with Gasteiger partial charge in [0.1, 0.15) is 5.75 Å². The third-order valence-electron chi connectivity index (χ3n) is 4.12. The highest BCUT2D eigenvalue weighted by Crippen LogP contribution is 2.17. The largest absolute Gasteiger partial charge is 0.497 e. The number of methoxy groups -OCH3 is 1. The van der Waals surface area contributed by atoms with Crippen LogP contribution in [0.1, 0.15) is 30.4 Å². The van der Waals surface area contributed by atoms with Gasteiger partial charge in [0, 0.05) is 26.1 Å². The van der Waals surface area contributed by atoms with E-state index in [2.05, 4.69) is 65.0 Å². The van der Waals surface area contributed by atoms with Crippen LogP contribution in [0.2, 0.25) is 0 Å². The molecule has 0 amide bonds. The Labute approximate surface area is 145 Å². The summed E-state index contributed by atoms with van der Waals surface area (Å²) in [4.78, 5) is 4.31. The monoisotopic (exact) mass is 325 g/mol. The topological polar surface area (TPSA) is 45.7 Å². The van der Waals surface area contributed by atoms with Gasteiger partial charge < -0.3 is 15.4 Å². The Morgan fingerprint density at radius 3 is 2.33 bits per heavy atom. The maximum absolute atomic E-state index is 5.18. The summed E-state index contributed by atoms with van der Waals surface area (Å²) in [6.45, 7) is 3.81. The predicted molar refractivity (Wildman–Crippen MR) is 101 cm³/mol. The van der Waals surface area contributed by atoms with E-state index in [0.29, 0.717) is 5.92 Å². The second-order valence-corrected chi connectivity index (χ2v) is 5.67. The standard InChI is InChI=1S/C20H27N3O/c1-4-17(18-8-6-5-7-9-18)15-23-20(21-2)22-14-16-10-12-19(24-3)13-11-16/h5-13,17H,4,14-15H2,1-3H3,(H2,21,22,23). The van der Waals surface area contributed by atoms with Gasteiger partial charge in [-0.25, -0.2) is 0 Å². The van der Waals surface area contributed by atoms with E-state index >= 15 is 0 Å². The molecule has 0 aromatic heterocycles. The molecule has 0 radical (unpaired) electrons.